The van der Waals surface area contributed by atoms with E-state index in [0.717, 1.165) is 28.0 Å². The summed E-state index contributed by atoms with van der Waals surface area (Å²) in [6.07, 6.45) is 0.513. The number of rotatable bonds is 7. The summed E-state index contributed by atoms with van der Waals surface area (Å²) in [6, 6.07) is 21.4. The van der Waals surface area contributed by atoms with Crippen LogP contribution < -0.4 is 10.1 Å². The Balaban J connectivity index is 1.59. The molecule has 0 saturated carbocycles. The molecule has 4 aromatic rings. The van der Waals surface area contributed by atoms with Crippen molar-refractivity contribution in [3.05, 3.63) is 89.9 Å². The molecule has 0 spiro atoms. The summed E-state index contributed by atoms with van der Waals surface area (Å²) in [5.74, 6) is 0.0718. The standard InChI is InChI=1S/C24H20FN3O2S/c1-30-22-13-7-2-8-16(22)14-21-24(28-20-12-6-5-11-19(20)26-21)31-15-23(29)27-18-10-4-3-9-17(18)25/h2-13H,14-15H2,1H3,(H,27,29). The molecule has 0 aliphatic rings. The lowest BCUT2D eigenvalue weighted by Gasteiger charge is -2.12. The van der Waals surface area contributed by atoms with Crippen LogP contribution in [0.3, 0.4) is 0 Å². The van der Waals surface area contributed by atoms with E-state index in [0.29, 0.717) is 11.4 Å². The molecule has 0 aliphatic carbocycles. The van der Waals surface area contributed by atoms with Gasteiger partial charge in [0.25, 0.3) is 0 Å². The maximum atomic E-state index is 13.8. The molecular weight excluding hydrogens is 413 g/mol. The van der Waals surface area contributed by atoms with E-state index >= 15 is 0 Å². The van der Waals surface area contributed by atoms with Crippen LogP contribution in [0, 0.1) is 5.82 Å². The minimum atomic E-state index is -0.469. The molecule has 1 aromatic heterocycles. The zero-order chi connectivity index (χ0) is 21.6. The number of para-hydroxylation sites is 4. The normalized spacial score (nSPS) is 10.8. The molecule has 0 bridgehead atoms. The number of halogens is 1. The molecule has 0 atom stereocenters. The van der Waals surface area contributed by atoms with Crippen molar-refractivity contribution in [3.63, 3.8) is 0 Å². The first kappa shape index (κ1) is 20.8. The topological polar surface area (TPSA) is 64.1 Å². The van der Waals surface area contributed by atoms with E-state index in [2.05, 4.69) is 5.32 Å². The van der Waals surface area contributed by atoms with Gasteiger partial charge in [0, 0.05) is 12.0 Å². The van der Waals surface area contributed by atoms with Crippen molar-refractivity contribution >= 4 is 34.4 Å². The molecule has 1 amide bonds. The van der Waals surface area contributed by atoms with Crippen LogP contribution in [-0.2, 0) is 11.2 Å². The van der Waals surface area contributed by atoms with E-state index in [4.69, 9.17) is 14.7 Å². The zero-order valence-corrected chi connectivity index (χ0v) is 17.7. The van der Waals surface area contributed by atoms with Crippen LogP contribution >= 0.6 is 11.8 Å². The molecular formula is C24H20FN3O2S. The predicted molar refractivity (Wildman–Crippen MR) is 121 cm³/mol. The van der Waals surface area contributed by atoms with Gasteiger partial charge in [-0.3, -0.25) is 4.79 Å². The number of aromatic nitrogens is 2. The Morgan fingerprint density at radius 2 is 1.65 bits per heavy atom. The predicted octanol–water partition coefficient (Wildman–Crippen LogP) is 5.10. The van der Waals surface area contributed by atoms with E-state index in [-0.39, 0.29) is 17.3 Å². The van der Waals surface area contributed by atoms with Gasteiger partial charge >= 0.3 is 0 Å². The maximum Gasteiger partial charge on any atom is 0.234 e. The van der Waals surface area contributed by atoms with Gasteiger partial charge in [0.15, 0.2) is 0 Å². The Labute approximate surface area is 183 Å². The number of carbonyl (C=O) groups is 1. The van der Waals surface area contributed by atoms with E-state index in [9.17, 15) is 9.18 Å². The van der Waals surface area contributed by atoms with Crippen molar-refractivity contribution in [1.29, 1.82) is 0 Å². The largest absolute Gasteiger partial charge is 0.496 e. The Bertz CT molecular complexity index is 1230. The smallest absolute Gasteiger partial charge is 0.234 e. The fourth-order valence-corrected chi connectivity index (χ4v) is 3.95. The van der Waals surface area contributed by atoms with E-state index in [1.165, 1.54) is 23.9 Å². The molecule has 0 saturated heterocycles. The second-order valence-electron chi connectivity index (χ2n) is 6.77. The highest BCUT2D eigenvalue weighted by atomic mass is 32.2. The van der Waals surface area contributed by atoms with Crippen LogP contribution in [0.25, 0.3) is 11.0 Å². The number of thioether (sulfide) groups is 1. The van der Waals surface area contributed by atoms with Crippen molar-refractivity contribution in [2.45, 2.75) is 11.4 Å². The van der Waals surface area contributed by atoms with Gasteiger partial charge in [0.2, 0.25) is 5.91 Å². The fraction of sp³-hybridized carbons (Fsp3) is 0.125. The number of anilines is 1. The first-order chi connectivity index (χ1) is 15.1. The number of hydrogen-bond donors (Lipinski definition) is 1. The third kappa shape index (κ3) is 5.00. The molecule has 1 heterocycles. The Hall–Kier alpha value is -3.45. The van der Waals surface area contributed by atoms with Gasteiger partial charge in [0.1, 0.15) is 16.6 Å². The van der Waals surface area contributed by atoms with Gasteiger partial charge in [-0.25, -0.2) is 14.4 Å². The Kier molecular flexibility index (Phi) is 6.43. The minimum absolute atomic E-state index is 0.0836. The lowest BCUT2D eigenvalue weighted by molar-refractivity contribution is -0.113. The number of hydrogen-bond acceptors (Lipinski definition) is 5. The third-order valence-corrected chi connectivity index (χ3v) is 5.65. The number of benzene rings is 3. The van der Waals surface area contributed by atoms with Crippen LogP contribution in [0.2, 0.25) is 0 Å². The fourth-order valence-electron chi connectivity index (χ4n) is 3.16. The molecule has 7 heteroatoms. The number of nitrogens with zero attached hydrogens (tertiary/aromatic N) is 2. The summed E-state index contributed by atoms with van der Waals surface area (Å²) < 4.78 is 19.3. The molecule has 1 N–H and O–H groups in total. The Morgan fingerprint density at radius 3 is 2.42 bits per heavy atom. The molecule has 0 unspecified atom stereocenters. The summed E-state index contributed by atoms with van der Waals surface area (Å²) in [5, 5.41) is 3.26. The third-order valence-electron chi connectivity index (χ3n) is 4.64. The number of methoxy groups -OCH3 is 1. The van der Waals surface area contributed by atoms with Crippen LogP contribution in [0.15, 0.2) is 77.8 Å². The van der Waals surface area contributed by atoms with Crippen molar-refractivity contribution in [1.82, 2.24) is 9.97 Å². The molecule has 5 nitrogen and oxygen atoms in total. The number of nitrogens with one attached hydrogen (secondary N) is 1. The maximum absolute atomic E-state index is 13.8. The van der Waals surface area contributed by atoms with Gasteiger partial charge in [-0.05, 0) is 30.3 Å². The molecule has 0 fully saturated rings. The van der Waals surface area contributed by atoms with E-state index < -0.39 is 5.82 Å². The highest BCUT2D eigenvalue weighted by Crippen LogP contribution is 2.28. The van der Waals surface area contributed by atoms with Crippen molar-refractivity contribution < 1.29 is 13.9 Å². The van der Waals surface area contributed by atoms with Gasteiger partial charge in [-0.15, -0.1) is 0 Å². The summed E-state index contributed by atoms with van der Waals surface area (Å²) in [6.45, 7) is 0. The van der Waals surface area contributed by atoms with Gasteiger partial charge in [-0.2, -0.15) is 0 Å². The summed E-state index contributed by atoms with van der Waals surface area (Å²) >= 11 is 1.28. The minimum Gasteiger partial charge on any atom is -0.496 e. The first-order valence-corrected chi connectivity index (χ1v) is 10.7. The van der Waals surface area contributed by atoms with Crippen molar-refractivity contribution in [2.75, 3.05) is 18.2 Å². The summed E-state index contributed by atoms with van der Waals surface area (Å²) in [7, 11) is 1.63. The molecule has 4 rings (SSSR count). The highest BCUT2D eigenvalue weighted by molar-refractivity contribution is 8.00. The lowest BCUT2D eigenvalue weighted by atomic mass is 10.1. The Morgan fingerprint density at radius 1 is 0.968 bits per heavy atom. The quantitative estimate of drug-likeness (QED) is 0.411. The average Bonchev–Trinajstić information content (AvgIpc) is 2.79. The monoisotopic (exact) mass is 433 g/mol. The average molecular weight is 434 g/mol. The van der Waals surface area contributed by atoms with Gasteiger partial charge in [0.05, 0.1) is 35.3 Å². The van der Waals surface area contributed by atoms with Crippen LogP contribution in [0.1, 0.15) is 11.3 Å². The number of amides is 1. The summed E-state index contributed by atoms with van der Waals surface area (Å²) in [5.41, 5.74) is 3.43. The molecule has 31 heavy (non-hydrogen) atoms. The first-order valence-electron chi connectivity index (χ1n) is 9.69. The number of carbonyl (C=O) groups excluding carboxylic acids is 1. The molecule has 0 aliphatic heterocycles. The van der Waals surface area contributed by atoms with E-state index in [1.54, 1.807) is 19.2 Å². The zero-order valence-electron chi connectivity index (χ0n) is 16.8. The second-order valence-corrected chi connectivity index (χ2v) is 7.73. The number of fused-ring (bicyclic) bond motifs is 1. The molecule has 156 valence electrons. The summed E-state index contributed by atoms with van der Waals surface area (Å²) in [4.78, 5) is 21.9. The van der Waals surface area contributed by atoms with Crippen LogP contribution in [-0.4, -0.2) is 28.7 Å². The van der Waals surface area contributed by atoms with Crippen molar-refractivity contribution in [2.24, 2.45) is 0 Å². The SMILES string of the molecule is COc1ccccc1Cc1nc2ccccc2nc1SCC(=O)Nc1ccccc1F. The van der Waals surface area contributed by atoms with Gasteiger partial charge in [-0.1, -0.05) is 54.2 Å². The second kappa shape index (κ2) is 9.57. The molecule has 0 radical (unpaired) electrons. The van der Waals surface area contributed by atoms with Gasteiger partial charge < -0.3 is 10.1 Å². The molecule has 3 aromatic carbocycles. The highest BCUT2D eigenvalue weighted by Gasteiger charge is 2.15. The lowest BCUT2D eigenvalue weighted by Crippen LogP contribution is -2.15. The van der Waals surface area contributed by atoms with Crippen LogP contribution in [0.4, 0.5) is 10.1 Å². The van der Waals surface area contributed by atoms with Crippen LogP contribution in [0.5, 0.6) is 5.75 Å². The van der Waals surface area contributed by atoms with E-state index in [1.807, 2.05) is 48.5 Å². The number of ether oxygens (including phenoxy) is 1. The van der Waals surface area contributed by atoms with Crippen molar-refractivity contribution in [3.8, 4) is 5.75 Å².